The second-order valence-corrected chi connectivity index (χ2v) is 18.4. The van der Waals surface area contributed by atoms with E-state index in [0.717, 1.165) is 118 Å². The van der Waals surface area contributed by atoms with Gasteiger partial charge in [-0.3, -0.25) is 9.59 Å². The molecule has 362 valence electrons. The van der Waals surface area contributed by atoms with E-state index in [1.807, 2.05) is 69.3 Å². The zero-order chi connectivity index (χ0) is 46.7. The standard InChI is InChI=1S/C20H33NO2.2C18H27NO2/c1-4-20(22-5-2)18-10-12-19(13-11-18)23-16-8-15-21-14-7-6-9-17(21)3;1-3-18(20)16-5-7-17(8-6-16)21-14-4-11-19-12-9-15(2)10-13-19;1-3-18(20)16-8-10-17(11-9-16)21-14-6-13-19-12-5-4-7-15(19)2/h10-13,17,20H,4-9,14-16H2,1-3H3;5-8,15H,3-4,9-14H2,1-2H3;8-11,15H,3-7,12-14H2,1-2H3. The molecule has 0 saturated carbocycles. The van der Waals surface area contributed by atoms with Gasteiger partial charge in [0.25, 0.3) is 0 Å². The van der Waals surface area contributed by atoms with Crippen molar-refractivity contribution in [2.24, 2.45) is 5.92 Å². The average Bonchev–Trinajstić information content (AvgIpc) is 3.34. The number of carbonyl (C=O) groups excluding carboxylic acids is 2. The van der Waals surface area contributed by atoms with E-state index in [0.29, 0.717) is 12.8 Å². The first kappa shape index (κ1) is 53.9. The minimum Gasteiger partial charge on any atom is -0.494 e. The third kappa shape index (κ3) is 20.3. The number of carbonyl (C=O) groups is 2. The normalized spacial score (nSPS) is 18.9. The molecule has 65 heavy (non-hydrogen) atoms. The Labute approximate surface area is 394 Å². The molecule has 3 fully saturated rings. The maximum absolute atomic E-state index is 11.5. The van der Waals surface area contributed by atoms with Gasteiger partial charge in [-0.1, -0.05) is 52.7 Å². The lowest BCUT2D eigenvalue weighted by Gasteiger charge is -2.33. The minimum absolute atomic E-state index is 0.181. The first-order valence-electron chi connectivity index (χ1n) is 25.7. The van der Waals surface area contributed by atoms with Crippen LogP contribution in [-0.2, 0) is 4.74 Å². The van der Waals surface area contributed by atoms with E-state index < -0.39 is 0 Å². The molecule has 0 aliphatic carbocycles. The molecule has 3 saturated heterocycles. The van der Waals surface area contributed by atoms with E-state index in [1.54, 1.807) is 0 Å². The van der Waals surface area contributed by atoms with Gasteiger partial charge in [0.2, 0.25) is 0 Å². The molecule has 3 aromatic rings. The fourth-order valence-corrected chi connectivity index (χ4v) is 8.97. The van der Waals surface area contributed by atoms with Crippen LogP contribution >= 0.6 is 0 Å². The first-order chi connectivity index (χ1) is 31.6. The summed E-state index contributed by atoms with van der Waals surface area (Å²) in [5.41, 5.74) is 2.78. The number of rotatable bonds is 23. The van der Waals surface area contributed by atoms with Crippen LogP contribution in [0.1, 0.15) is 171 Å². The highest BCUT2D eigenvalue weighted by atomic mass is 16.5. The maximum Gasteiger partial charge on any atom is 0.162 e. The summed E-state index contributed by atoms with van der Waals surface area (Å²) in [4.78, 5) is 30.8. The van der Waals surface area contributed by atoms with Crippen molar-refractivity contribution < 1.29 is 28.5 Å². The van der Waals surface area contributed by atoms with Crippen LogP contribution < -0.4 is 14.2 Å². The second kappa shape index (κ2) is 31.3. The number of ketones is 2. The van der Waals surface area contributed by atoms with Crippen LogP contribution in [0.3, 0.4) is 0 Å². The van der Waals surface area contributed by atoms with Crippen molar-refractivity contribution >= 4 is 11.6 Å². The highest BCUT2D eigenvalue weighted by Gasteiger charge is 2.19. The van der Waals surface area contributed by atoms with Gasteiger partial charge in [-0.15, -0.1) is 0 Å². The lowest BCUT2D eigenvalue weighted by Crippen LogP contribution is -2.38. The van der Waals surface area contributed by atoms with E-state index in [9.17, 15) is 9.59 Å². The summed E-state index contributed by atoms with van der Waals surface area (Å²) in [6, 6.07) is 24.9. The highest BCUT2D eigenvalue weighted by Crippen LogP contribution is 2.24. The number of Topliss-reactive ketones (excluding diaryl/α,β-unsaturated/α-hetero) is 2. The lowest BCUT2D eigenvalue weighted by molar-refractivity contribution is 0.0598. The van der Waals surface area contributed by atoms with E-state index in [1.165, 1.54) is 83.1 Å². The molecule has 0 amide bonds. The fraction of sp³-hybridized carbons (Fsp3) is 0.643. The van der Waals surface area contributed by atoms with E-state index in [-0.39, 0.29) is 17.7 Å². The molecule has 0 bridgehead atoms. The molecule has 9 heteroatoms. The van der Waals surface area contributed by atoms with Crippen molar-refractivity contribution in [1.29, 1.82) is 0 Å². The third-order valence-electron chi connectivity index (χ3n) is 13.3. The van der Waals surface area contributed by atoms with Gasteiger partial charge in [0.1, 0.15) is 17.2 Å². The van der Waals surface area contributed by atoms with Crippen molar-refractivity contribution in [3.05, 3.63) is 89.5 Å². The molecule has 3 aliphatic rings. The molecule has 0 spiro atoms. The summed E-state index contributed by atoms with van der Waals surface area (Å²) >= 11 is 0. The SMILES string of the molecule is CCC(=O)c1ccc(OCCCN2CCC(C)CC2)cc1.CCC(=O)c1ccc(OCCCN2CCCCC2C)cc1.CCOC(CC)c1ccc(OCCCN2CCCCC2C)cc1. The van der Waals surface area contributed by atoms with Gasteiger partial charge in [-0.25, -0.2) is 0 Å². The molecule has 9 nitrogen and oxygen atoms in total. The average molecular weight is 898 g/mol. The zero-order valence-corrected chi connectivity index (χ0v) is 41.7. The predicted octanol–water partition coefficient (Wildman–Crippen LogP) is 12.5. The smallest absolute Gasteiger partial charge is 0.162 e. The van der Waals surface area contributed by atoms with Crippen LogP contribution in [0, 0.1) is 5.92 Å². The number of ether oxygens (including phenoxy) is 4. The van der Waals surface area contributed by atoms with E-state index in [4.69, 9.17) is 18.9 Å². The number of benzene rings is 3. The summed E-state index contributed by atoms with van der Waals surface area (Å²) in [5, 5.41) is 0. The van der Waals surface area contributed by atoms with Gasteiger partial charge in [0.15, 0.2) is 11.6 Å². The van der Waals surface area contributed by atoms with E-state index >= 15 is 0 Å². The lowest BCUT2D eigenvalue weighted by atomic mass is 9.99. The van der Waals surface area contributed by atoms with Gasteiger partial charge < -0.3 is 33.6 Å². The number of hydrogen-bond donors (Lipinski definition) is 0. The van der Waals surface area contributed by atoms with Crippen molar-refractivity contribution in [2.75, 3.05) is 72.2 Å². The molecular weight excluding hydrogens is 811 g/mol. The largest absolute Gasteiger partial charge is 0.494 e. The van der Waals surface area contributed by atoms with Crippen molar-refractivity contribution in [2.45, 2.75) is 157 Å². The van der Waals surface area contributed by atoms with Crippen LogP contribution in [0.15, 0.2) is 72.8 Å². The molecule has 3 heterocycles. The predicted molar refractivity (Wildman–Crippen MR) is 268 cm³/mol. The van der Waals surface area contributed by atoms with Gasteiger partial charge >= 0.3 is 0 Å². The summed E-state index contributed by atoms with van der Waals surface area (Å²) < 4.78 is 23.2. The minimum atomic E-state index is 0.181. The molecule has 6 rings (SSSR count). The van der Waals surface area contributed by atoms with Crippen LogP contribution in [0.25, 0.3) is 0 Å². The monoisotopic (exact) mass is 898 g/mol. The quantitative estimate of drug-likeness (QED) is 0.0683. The molecule has 0 aromatic heterocycles. The molecule has 3 atom stereocenters. The molecular formula is C56H87N3O6. The topological polar surface area (TPSA) is 80.8 Å². The Morgan fingerprint density at radius 1 is 0.538 bits per heavy atom. The van der Waals surface area contributed by atoms with Crippen LogP contribution in [-0.4, -0.2) is 111 Å². The van der Waals surface area contributed by atoms with Gasteiger partial charge in [-0.05, 0) is 183 Å². The third-order valence-corrected chi connectivity index (χ3v) is 13.3. The molecule has 3 aromatic carbocycles. The summed E-state index contributed by atoms with van der Waals surface area (Å²) in [5.74, 6) is 3.93. The van der Waals surface area contributed by atoms with Crippen molar-refractivity contribution in [3.63, 3.8) is 0 Å². The Bertz CT molecular complexity index is 1710. The number of hydrogen-bond acceptors (Lipinski definition) is 9. The maximum atomic E-state index is 11.5. The molecule has 3 aliphatic heterocycles. The second-order valence-electron chi connectivity index (χ2n) is 18.4. The number of nitrogens with zero attached hydrogens (tertiary/aromatic N) is 3. The molecule has 0 N–H and O–H groups in total. The Kier molecular flexibility index (Phi) is 25.9. The fourth-order valence-electron chi connectivity index (χ4n) is 8.97. The Morgan fingerprint density at radius 3 is 1.34 bits per heavy atom. The summed E-state index contributed by atoms with van der Waals surface area (Å²) in [7, 11) is 0. The molecule has 3 unspecified atom stereocenters. The van der Waals surface area contributed by atoms with Crippen molar-refractivity contribution in [1.82, 2.24) is 14.7 Å². The number of likely N-dealkylation sites (tertiary alicyclic amines) is 3. The van der Waals surface area contributed by atoms with Gasteiger partial charge in [0, 0.05) is 62.3 Å². The Morgan fingerprint density at radius 2 is 0.954 bits per heavy atom. The Balaban J connectivity index is 0.000000214. The first-order valence-corrected chi connectivity index (χ1v) is 25.7. The van der Waals surface area contributed by atoms with Crippen LogP contribution in [0.5, 0.6) is 17.2 Å². The Hall–Kier alpha value is -3.76. The van der Waals surface area contributed by atoms with Gasteiger partial charge in [-0.2, -0.15) is 0 Å². The van der Waals surface area contributed by atoms with Gasteiger partial charge in [0.05, 0.1) is 25.9 Å². The molecule has 0 radical (unpaired) electrons. The summed E-state index contributed by atoms with van der Waals surface area (Å²) in [6.45, 7) is 26.4. The zero-order valence-electron chi connectivity index (χ0n) is 41.7. The summed E-state index contributed by atoms with van der Waals surface area (Å²) in [6.07, 6.45) is 16.3. The van der Waals surface area contributed by atoms with Crippen molar-refractivity contribution in [3.8, 4) is 17.2 Å². The highest BCUT2D eigenvalue weighted by molar-refractivity contribution is 5.96. The van der Waals surface area contributed by atoms with Crippen LogP contribution in [0.4, 0.5) is 0 Å². The number of piperidine rings is 3. The van der Waals surface area contributed by atoms with Crippen LogP contribution in [0.2, 0.25) is 0 Å². The van der Waals surface area contributed by atoms with E-state index in [2.05, 4.69) is 66.7 Å².